The molecule has 2 aromatic rings. The van der Waals surface area contributed by atoms with Crippen LogP contribution in [-0.2, 0) is 11.3 Å². The summed E-state index contributed by atoms with van der Waals surface area (Å²) in [6.45, 7) is 5.40. The lowest BCUT2D eigenvalue weighted by atomic mass is 10.2. The number of amides is 1. The summed E-state index contributed by atoms with van der Waals surface area (Å²) in [4.78, 5) is 16.7. The Morgan fingerprint density at radius 3 is 2.08 bits per heavy atom. The summed E-state index contributed by atoms with van der Waals surface area (Å²) in [5, 5.41) is 2.91. The lowest BCUT2D eigenvalue weighted by Crippen LogP contribution is -2.53. The molecule has 0 unspecified atom stereocenters. The number of carbonyl (C=O) groups is 1. The average molecular weight is 359 g/mol. The first kappa shape index (κ1) is 18.3. The molecule has 0 radical (unpaired) electrons. The van der Waals surface area contributed by atoms with Crippen molar-refractivity contribution in [1.29, 1.82) is 0 Å². The maximum absolute atomic E-state index is 13.0. The van der Waals surface area contributed by atoms with E-state index in [0.29, 0.717) is 6.54 Å². The highest BCUT2D eigenvalue weighted by Crippen LogP contribution is 2.17. The molecule has 1 aliphatic rings. The lowest BCUT2D eigenvalue weighted by molar-refractivity contribution is -0.126. The van der Waals surface area contributed by atoms with Crippen molar-refractivity contribution >= 4 is 11.6 Å². The molecule has 0 spiro atoms. The minimum absolute atomic E-state index is 0.0374. The van der Waals surface area contributed by atoms with Gasteiger partial charge in [0.2, 0.25) is 5.91 Å². The van der Waals surface area contributed by atoms with E-state index < -0.39 is 0 Å². The van der Waals surface area contributed by atoms with Crippen LogP contribution in [0.15, 0.2) is 48.5 Å². The largest absolute Gasteiger partial charge is 0.369 e. The molecule has 26 heavy (non-hydrogen) atoms. The molecule has 1 fully saturated rings. The molecule has 2 aromatic carbocycles. The zero-order chi connectivity index (χ0) is 18.5. The third kappa shape index (κ3) is 4.58. The molecule has 0 saturated carbocycles. The van der Waals surface area contributed by atoms with E-state index >= 15 is 0 Å². The van der Waals surface area contributed by atoms with Crippen LogP contribution in [0.5, 0.6) is 0 Å². The second-order valence-corrected chi connectivity index (χ2v) is 6.52. The highest BCUT2D eigenvalue weighted by Gasteiger charge is 2.25. The number of hydrogen-bond donors (Lipinski definition) is 1. The van der Waals surface area contributed by atoms with Gasteiger partial charge in [0, 0.05) is 38.4 Å². The van der Waals surface area contributed by atoms with Gasteiger partial charge in [-0.1, -0.05) is 12.1 Å². The van der Waals surface area contributed by atoms with Crippen LogP contribution in [0.3, 0.4) is 0 Å². The molecule has 1 aliphatic heterocycles. The second kappa shape index (κ2) is 8.27. The van der Waals surface area contributed by atoms with E-state index in [0.717, 1.165) is 37.4 Å². The summed E-state index contributed by atoms with van der Waals surface area (Å²) in [7, 11) is 0. The predicted molar refractivity (Wildman–Crippen MR) is 97.9 cm³/mol. The fourth-order valence-corrected chi connectivity index (χ4v) is 3.12. The van der Waals surface area contributed by atoms with Gasteiger partial charge in [0.05, 0.1) is 6.04 Å². The summed E-state index contributed by atoms with van der Waals surface area (Å²) in [5.74, 6) is -0.559. The van der Waals surface area contributed by atoms with Crippen molar-refractivity contribution < 1.29 is 13.6 Å². The Kier molecular flexibility index (Phi) is 5.83. The predicted octanol–water partition coefficient (Wildman–Crippen LogP) is 2.79. The van der Waals surface area contributed by atoms with Gasteiger partial charge in [-0.05, 0) is 48.9 Å². The summed E-state index contributed by atoms with van der Waals surface area (Å²) in [5.41, 5.74) is 1.87. The third-order valence-electron chi connectivity index (χ3n) is 4.81. The van der Waals surface area contributed by atoms with Gasteiger partial charge in [-0.3, -0.25) is 9.69 Å². The van der Waals surface area contributed by atoms with Crippen LogP contribution in [0.1, 0.15) is 12.5 Å². The molecular formula is C20H23F2N3O. The minimum atomic E-state index is -0.285. The quantitative estimate of drug-likeness (QED) is 0.892. The molecule has 0 aliphatic carbocycles. The van der Waals surface area contributed by atoms with Crippen molar-refractivity contribution in [1.82, 2.24) is 10.2 Å². The smallest absolute Gasteiger partial charge is 0.237 e. The van der Waals surface area contributed by atoms with Gasteiger partial charge in [0.25, 0.3) is 0 Å². The second-order valence-electron chi connectivity index (χ2n) is 6.52. The molecule has 4 nitrogen and oxygen atoms in total. The highest BCUT2D eigenvalue weighted by molar-refractivity contribution is 5.81. The Hall–Kier alpha value is -2.47. The molecule has 1 N–H and O–H groups in total. The SMILES string of the molecule is C[C@H](C(=O)NCc1ccc(F)cc1)N1CCN(c2ccc(F)cc2)CC1. The van der Waals surface area contributed by atoms with E-state index in [2.05, 4.69) is 15.1 Å². The summed E-state index contributed by atoms with van der Waals surface area (Å²) in [6, 6.07) is 12.4. The molecule has 0 aromatic heterocycles. The monoisotopic (exact) mass is 359 g/mol. The highest BCUT2D eigenvalue weighted by atomic mass is 19.1. The number of anilines is 1. The number of halogens is 2. The Balaban J connectivity index is 1.48. The van der Waals surface area contributed by atoms with E-state index in [1.54, 1.807) is 24.3 Å². The average Bonchev–Trinajstić information content (AvgIpc) is 2.67. The molecular weight excluding hydrogens is 336 g/mol. The van der Waals surface area contributed by atoms with Crippen molar-refractivity contribution in [3.05, 3.63) is 65.7 Å². The van der Waals surface area contributed by atoms with E-state index in [9.17, 15) is 13.6 Å². The van der Waals surface area contributed by atoms with Gasteiger partial charge in [0.1, 0.15) is 11.6 Å². The van der Waals surface area contributed by atoms with E-state index in [1.807, 2.05) is 6.92 Å². The van der Waals surface area contributed by atoms with Gasteiger partial charge in [-0.25, -0.2) is 8.78 Å². The van der Waals surface area contributed by atoms with Gasteiger partial charge >= 0.3 is 0 Å². The maximum Gasteiger partial charge on any atom is 0.237 e. The standard InChI is InChI=1S/C20H23F2N3O/c1-15(20(26)23-14-16-2-4-17(21)5-3-16)24-10-12-25(13-11-24)19-8-6-18(22)7-9-19/h2-9,15H,10-14H2,1H3,(H,23,26)/t15-/m1/s1. The van der Waals surface area contributed by atoms with Crippen molar-refractivity contribution in [3.63, 3.8) is 0 Å². The van der Waals surface area contributed by atoms with Crippen molar-refractivity contribution in [2.24, 2.45) is 0 Å². The number of benzene rings is 2. The van der Waals surface area contributed by atoms with Gasteiger partial charge < -0.3 is 10.2 Å². The maximum atomic E-state index is 13.0. The Morgan fingerprint density at radius 2 is 1.50 bits per heavy atom. The molecule has 1 amide bonds. The van der Waals surface area contributed by atoms with E-state index in [4.69, 9.17) is 0 Å². The zero-order valence-electron chi connectivity index (χ0n) is 14.8. The van der Waals surface area contributed by atoms with E-state index in [-0.39, 0.29) is 23.6 Å². The number of nitrogens with one attached hydrogen (secondary N) is 1. The normalized spacial score (nSPS) is 16.3. The number of hydrogen-bond acceptors (Lipinski definition) is 3. The third-order valence-corrected chi connectivity index (χ3v) is 4.81. The Bertz CT molecular complexity index is 726. The van der Waals surface area contributed by atoms with Crippen LogP contribution < -0.4 is 10.2 Å². The molecule has 6 heteroatoms. The van der Waals surface area contributed by atoms with Crippen LogP contribution in [0.2, 0.25) is 0 Å². The van der Waals surface area contributed by atoms with Crippen LogP contribution in [0.4, 0.5) is 14.5 Å². The zero-order valence-corrected chi connectivity index (χ0v) is 14.8. The molecule has 1 saturated heterocycles. The first-order valence-corrected chi connectivity index (χ1v) is 8.79. The first-order valence-electron chi connectivity index (χ1n) is 8.79. The minimum Gasteiger partial charge on any atom is -0.369 e. The summed E-state index contributed by atoms with van der Waals surface area (Å²) >= 11 is 0. The van der Waals surface area contributed by atoms with Crippen molar-refractivity contribution in [3.8, 4) is 0 Å². The number of piperazine rings is 1. The topological polar surface area (TPSA) is 35.6 Å². The van der Waals surface area contributed by atoms with Crippen molar-refractivity contribution in [2.45, 2.75) is 19.5 Å². The Morgan fingerprint density at radius 1 is 0.962 bits per heavy atom. The molecule has 1 atom stereocenters. The first-order chi connectivity index (χ1) is 12.5. The molecule has 138 valence electrons. The fraction of sp³-hybridized carbons (Fsp3) is 0.350. The van der Waals surface area contributed by atoms with E-state index in [1.165, 1.54) is 24.3 Å². The van der Waals surface area contributed by atoms with Gasteiger partial charge in [0.15, 0.2) is 0 Å². The van der Waals surface area contributed by atoms with Crippen molar-refractivity contribution in [2.75, 3.05) is 31.1 Å². The summed E-state index contributed by atoms with van der Waals surface area (Å²) < 4.78 is 25.9. The number of nitrogens with zero attached hydrogens (tertiary/aromatic N) is 2. The van der Waals surface area contributed by atoms with Crippen LogP contribution in [0, 0.1) is 11.6 Å². The lowest BCUT2D eigenvalue weighted by Gasteiger charge is -2.38. The molecule has 3 rings (SSSR count). The molecule has 1 heterocycles. The number of rotatable bonds is 5. The molecule has 0 bridgehead atoms. The van der Waals surface area contributed by atoms with Crippen LogP contribution >= 0.6 is 0 Å². The fourth-order valence-electron chi connectivity index (χ4n) is 3.12. The van der Waals surface area contributed by atoms with Crippen LogP contribution in [0.25, 0.3) is 0 Å². The Labute approximate surface area is 152 Å². The van der Waals surface area contributed by atoms with Crippen LogP contribution in [-0.4, -0.2) is 43.0 Å². The number of carbonyl (C=O) groups excluding carboxylic acids is 1. The van der Waals surface area contributed by atoms with Gasteiger partial charge in [-0.15, -0.1) is 0 Å². The summed E-state index contributed by atoms with van der Waals surface area (Å²) in [6.07, 6.45) is 0. The van der Waals surface area contributed by atoms with Gasteiger partial charge in [-0.2, -0.15) is 0 Å².